The van der Waals surface area contributed by atoms with Gasteiger partial charge >= 0.3 is 0 Å². The fourth-order valence-electron chi connectivity index (χ4n) is 3.10. The highest BCUT2D eigenvalue weighted by Gasteiger charge is 2.27. The number of amides is 1. The topological polar surface area (TPSA) is 134 Å². The van der Waals surface area contributed by atoms with Crippen molar-refractivity contribution in [2.75, 3.05) is 33.7 Å². The molecule has 1 atom stereocenters. The lowest BCUT2D eigenvalue weighted by molar-refractivity contribution is -0.121. The quantitative estimate of drug-likeness (QED) is 0.747. The molecule has 0 aromatic carbocycles. The second kappa shape index (κ2) is 9.37. The lowest BCUT2D eigenvalue weighted by Gasteiger charge is -2.25. The van der Waals surface area contributed by atoms with Crippen molar-refractivity contribution < 1.29 is 17.7 Å². The van der Waals surface area contributed by atoms with E-state index in [2.05, 4.69) is 25.4 Å². The first-order chi connectivity index (χ1) is 13.9. The standard InChI is InChI=1S/C17H25N7O4S/c1-23(2)29(26,27)24-10-3-4-13(5-7-20-15(25)6-11-24)17-21-16(22-28-17)14-12-18-8-9-19-14/h8-9,12-13H,3-7,10-11H2,1-2H3,(H,20,25). The van der Waals surface area contributed by atoms with Crippen molar-refractivity contribution in [2.24, 2.45) is 0 Å². The molecule has 1 aliphatic heterocycles. The predicted octanol–water partition coefficient (Wildman–Crippen LogP) is 0.409. The predicted molar refractivity (Wildman–Crippen MR) is 104 cm³/mol. The smallest absolute Gasteiger partial charge is 0.281 e. The Balaban J connectivity index is 1.75. The molecule has 1 N–H and O–H groups in total. The zero-order chi connectivity index (χ0) is 20.9. The van der Waals surface area contributed by atoms with Crippen molar-refractivity contribution in [2.45, 2.75) is 31.6 Å². The third kappa shape index (κ3) is 5.34. The van der Waals surface area contributed by atoms with Gasteiger partial charge in [0, 0.05) is 58.5 Å². The molecule has 1 unspecified atom stereocenters. The first kappa shape index (κ1) is 21.3. The van der Waals surface area contributed by atoms with Crippen LogP contribution in [-0.2, 0) is 15.0 Å². The van der Waals surface area contributed by atoms with Crippen LogP contribution < -0.4 is 5.32 Å². The van der Waals surface area contributed by atoms with Gasteiger partial charge in [-0.25, -0.2) is 4.98 Å². The highest BCUT2D eigenvalue weighted by atomic mass is 32.2. The van der Waals surface area contributed by atoms with Crippen LogP contribution in [0.3, 0.4) is 0 Å². The molecular formula is C17H25N7O4S. The molecule has 1 aliphatic rings. The summed E-state index contributed by atoms with van der Waals surface area (Å²) in [6.07, 6.45) is 6.66. The highest BCUT2D eigenvalue weighted by Crippen LogP contribution is 2.26. The van der Waals surface area contributed by atoms with Gasteiger partial charge in [0.25, 0.3) is 10.2 Å². The molecule has 1 amide bonds. The summed E-state index contributed by atoms with van der Waals surface area (Å²) in [5, 5.41) is 6.81. The summed E-state index contributed by atoms with van der Waals surface area (Å²) in [7, 11) is -0.633. The number of nitrogens with zero attached hydrogens (tertiary/aromatic N) is 6. The lowest BCUT2D eigenvalue weighted by Crippen LogP contribution is -2.42. The van der Waals surface area contributed by atoms with Gasteiger partial charge in [-0.3, -0.25) is 9.78 Å². The molecule has 158 valence electrons. The zero-order valence-electron chi connectivity index (χ0n) is 16.5. The molecule has 3 heterocycles. The van der Waals surface area contributed by atoms with Crippen molar-refractivity contribution in [3.8, 4) is 11.5 Å². The Morgan fingerprint density at radius 1 is 1.24 bits per heavy atom. The second-order valence-electron chi connectivity index (χ2n) is 6.96. The van der Waals surface area contributed by atoms with Gasteiger partial charge in [-0.1, -0.05) is 5.16 Å². The number of hydrogen-bond donors (Lipinski definition) is 1. The Labute approximate surface area is 169 Å². The van der Waals surface area contributed by atoms with E-state index >= 15 is 0 Å². The van der Waals surface area contributed by atoms with Gasteiger partial charge in [0.2, 0.25) is 17.6 Å². The van der Waals surface area contributed by atoms with Gasteiger partial charge in [-0.2, -0.15) is 22.0 Å². The molecule has 0 aliphatic carbocycles. The number of rotatable bonds is 4. The van der Waals surface area contributed by atoms with Crippen LogP contribution in [0.25, 0.3) is 11.5 Å². The van der Waals surface area contributed by atoms with Gasteiger partial charge in [-0.05, 0) is 19.3 Å². The second-order valence-corrected chi connectivity index (χ2v) is 9.11. The molecule has 0 bridgehead atoms. The summed E-state index contributed by atoms with van der Waals surface area (Å²) in [6.45, 7) is 0.913. The average Bonchev–Trinajstić information content (AvgIpc) is 3.18. The van der Waals surface area contributed by atoms with E-state index in [9.17, 15) is 13.2 Å². The summed E-state index contributed by atoms with van der Waals surface area (Å²) in [5.41, 5.74) is 0.510. The number of carbonyl (C=O) groups excluding carboxylic acids is 1. The molecule has 0 saturated carbocycles. The maximum atomic E-state index is 12.5. The van der Waals surface area contributed by atoms with Gasteiger partial charge in [0.15, 0.2) is 0 Å². The van der Waals surface area contributed by atoms with E-state index in [0.29, 0.717) is 49.8 Å². The molecule has 3 rings (SSSR count). The summed E-state index contributed by atoms with van der Waals surface area (Å²) < 4.78 is 33.0. The van der Waals surface area contributed by atoms with E-state index in [-0.39, 0.29) is 24.8 Å². The average molecular weight is 423 g/mol. The fourth-order valence-corrected chi connectivity index (χ4v) is 4.24. The first-order valence-electron chi connectivity index (χ1n) is 9.42. The molecule has 2 aromatic rings. The molecule has 2 aromatic heterocycles. The third-order valence-corrected chi connectivity index (χ3v) is 6.67. The minimum Gasteiger partial charge on any atom is -0.356 e. The Morgan fingerprint density at radius 3 is 2.79 bits per heavy atom. The largest absolute Gasteiger partial charge is 0.356 e. The first-order valence-corrected chi connectivity index (χ1v) is 10.8. The van der Waals surface area contributed by atoms with Crippen LogP contribution in [-0.4, -0.2) is 76.8 Å². The third-order valence-electron chi connectivity index (χ3n) is 4.73. The summed E-state index contributed by atoms with van der Waals surface area (Å²) in [4.78, 5) is 24.7. The van der Waals surface area contributed by atoms with E-state index in [4.69, 9.17) is 4.52 Å². The minimum atomic E-state index is -3.60. The van der Waals surface area contributed by atoms with Crippen LogP contribution in [0, 0.1) is 0 Å². The van der Waals surface area contributed by atoms with Crippen LogP contribution in [0.1, 0.15) is 37.5 Å². The van der Waals surface area contributed by atoms with E-state index in [1.807, 2.05) is 0 Å². The summed E-state index contributed by atoms with van der Waals surface area (Å²) >= 11 is 0. The summed E-state index contributed by atoms with van der Waals surface area (Å²) in [5.74, 6) is 0.509. The van der Waals surface area contributed by atoms with Crippen molar-refractivity contribution >= 4 is 16.1 Å². The van der Waals surface area contributed by atoms with Crippen LogP contribution in [0.4, 0.5) is 0 Å². The SMILES string of the molecule is CN(C)S(=O)(=O)N1CCCC(c2nc(-c3cnccn3)no2)CCNC(=O)CC1. The van der Waals surface area contributed by atoms with E-state index in [1.165, 1.54) is 18.4 Å². The summed E-state index contributed by atoms with van der Waals surface area (Å²) in [6, 6.07) is 0. The lowest BCUT2D eigenvalue weighted by atomic mass is 9.99. The molecule has 1 fully saturated rings. The fraction of sp³-hybridized carbons (Fsp3) is 0.588. The van der Waals surface area contributed by atoms with Crippen molar-refractivity contribution in [1.82, 2.24) is 34.0 Å². The molecule has 0 radical (unpaired) electrons. The van der Waals surface area contributed by atoms with Crippen LogP contribution in [0.5, 0.6) is 0 Å². The Morgan fingerprint density at radius 2 is 2.07 bits per heavy atom. The van der Waals surface area contributed by atoms with Gasteiger partial charge < -0.3 is 9.84 Å². The molecule has 0 spiro atoms. The maximum Gasteiger partial charge on any atom is 0.281 e. The maximum absolute atomic E-state index is 12.5. The van der Waals surface area contributed by atoms with Gasteiger partial charge in [0.1, 0.15) is 5.69 Å². The van der Waals surface area contributed by atoms with E-state index in [1.54, 1.807) is 18.6 Å². The zero-order valence-corrected chi connectivity index (χ0v) is 17.3. The van der Waals surface area contributed by atoms with Gasteiger partial charge in [0.05, 0.1) is 6.20 Å². The number of carbonyl (C=O) groups is 1. The molecular weight excluding hydrogens is 398 g/mol. The van der Waals surface area contributed by atoms with Crippen molar-refractivity contribution in [3.05, 3.63) is 24.5 Å². The Hall–Kier alpha value is -2.44. The van der Waals surface area contributed by atoms with Crippen LogP contribution in [0.2, 0.25) is 0 Å². The van der Waals surface area contributed by atoms with Crippen molar-refractivity contribution in [3.63, 3.8) is 0 Å². The van der Waals surface area contributed by atoms with Crippen LogP contribution >= 0.6 is 0 Å². The molecule has 12 heteroatoms. The molecule has 1 saturated heterocycles. The van der Waals surface area contributed by atoms with Gasteiger partial charge in [-0.15, -0.1) is 0 Å². The monoisotopic (exact) mass is 423 g/mol. The Bertz CT molecular complexity index is 917. The number of aromatic nitrogens is 4. The minimum absolute atomic E-state index is 0.102. The molecule has 29 heavy (non-hydrogen) atoms. The number of nitrogens with one attached hydrogen (secondary N) is 1. The Kier molecular flexibility index (Phi) is 6.87. The highest BCUT2D eigenvalue weighted by molar-refractivity contribution is 7.86. The number of hydrogen-bond acceptors (Lipinski definition) is 8. The molecule has 11 nitrogen and oxygen atoms in total. The van der Waals surface area contributed by atoms with Crippen LogP contribution in [0.15, 0.2) is 23.1 Å². The van der Waals surface area contributed by atoms with Crippen molar-refractivity contribution in [1.29, 1.82) is 0 Å². The van der Waals surface area contributed by atoms with E-state index in [0.717, 1.165) is 4.31 Å². The van der Waals surface area contributed by atoms with E-state index < -0.39 is 10.2 Å². The normalized spacial score (nSPS) is 20.2.